The maximum absolute atomic E-state index is 13.6. The van der Waals surface area contributed by atoms with Gasteiger partial charge in [0.25, 0.3) is 0 Å². The minimum absolute atomic E-state index is 0.0713. The molecule has 0 saturated carbocycles. The molecule has 2 aromatic rings. The SMILES string of the molecule is Cc1ccccc1Oc1cc(F)c(C(=O)O)cc1N. The zero-order chi connectivity index (χ0) is 14.0. The number of aryl methyl sites for hydroxylation is 1. The lowest BCUT2D eigenvalue weighted by Crippen LogP contribution is -2.03. The third-order valence-corrected chi connectivity index (χ3v) is 2.64. The molecule has 0 aliphatic carbocycles. The number of hydrogen-bond donors (Lipinski definition) is 2. The minimum atomic E-state index is -1.37. The number of benzene rings is 2. The topological polar surface area (TPSA) is 72.5 Å². The number of nitrogen functional groups attached to an aromatic ring is 1. The fourth-order valence-electron chi connectivity index (χ4n) is 1.61. The van der Waals surface area contributed by atoms with Crippen molar-refractivity contribution in [1.82, 2.24) is 0 Å². The summed E-state index contributed by atoms with van der Waals surface area (Å²) in [5, 5.41) is 8.78. The van der Waals surface area contributed by atoms with E-state index >= 15 is 0 Å². The standard InChI is InChI=1S/C14H12FNO3/c1-8-4-2-3-5-12(8)19-13-7-10(15)9(14(17)18)6-11(13)16/h2-7H,16H2,1H3,(H,17,18). The third-order valence-electron chi connectivity index (χ3n) is 2.64. The van der Waals surface area contributed by atoms with Gasteiger partial charge in [0, 0.05) is 6.07 Å². The van der Waals surface area contributed by atoms with E-state index in [9.17, 15) is 9.18 Å². The van der Waals surface area contributed by atoms with Crippen molar-refractivity contribution in [3.05, 3.63) is 53.3 Å². The largest absolute Gasteiger partial charge is 0.478 e. The highest BCUT2D eigenvalue weighted by molar-refractivity contribution is 5.89. The molecule has 0 unspecified atom stereocenters. The summed E-state index contributed by atoms with van der Waals surface area (Å²) in [7, 11) is 0. The lowest BCUT2D eigenvalue weighted by molar-refractivity contribution is 0.0692. The Bertz CT molecular complexity index is 641. The molecule has 0 bridgehead atoms. The fourth-order valence-corrected chi connectivity index (χ4v) is 1.61. The van der Waals surface area contributed by atoms with Gasteiger partial charge in [0.1, 0.15) is 11.6 Å². The van der Waals surface area contributed by atoms with E-state index in [-0.39, 0.29) is 11.4 Å². The second-order valence-corrected chi connectivity index (χ2v) is 4.04. The van der Waals surface area contributed by atoms with Gasteiger partial charge in [0.2, 0.25) is 0 Å². The lowest BCUT2D eigenvalue weighted by Gasteiger charge is -2.11. The predicted molar refractivity (Wildman–Crippen MR) is 69.0 cm³/mol. The van der Waals surface area contributed by atoms with Crippen LogP contribution in [0.25, 0.3) is 0 Å². The second kappa shape index (κ2) is 4.97. The molecule has 2 aromatic carbocycles. The number of carboxylic acids is 1. The van der Waals surface area contributed by atoms with Crippen LogP contribution in [-0.4, -0.2) is 11.1 Å². The number of carbonyl (C=O) groups is 1. The summed E-state index contributed by atoms with van der Waals surface area (Å²) in [5.74, 6) is -1.62. The van der Waals surface area contributed by atoms with Crippen molar-refractivity contribution in [2.24, 2.45) is 0 Å². The van der Waals surface area contributed by atoms with Crippen molar-refractivity contribution >= 4 is 11.7 Å². The average molecular weight is 261 g/mol. The molecule has 2 rings (SSSR count). The van der Waals surface area contributed by atoms with Gasteiger partial charge in [-0.05, 0) is 24.6 Å². The number of nitrogens with two attached hydrogens (primary N) is 1. The lowest BCUT2D eigenvalue weighted by atomic mass is 10.1. The predicted octanol–water partition coefficient (Wildman–Crippen LogP) is 3.21. The van der Waals surface area contributed by atoms with Crippen molar-refractivity contribution < 1.29 is 19.0 Å². The summed E-state index contributed by atoms with van der Waals surface area (Å²) in [5.41, 5.74) is 6.13. The van der Waals surface area contributed by atoms with Gasteiger partial charge in [-0.25, -0.2) is 9.18 Å². The van der Waals surface area contributed by atoms with E-state index < -0.39 is 17.3 Å². The zero-order valence-electron chi connectivity index (χ0n) is 10.2. The van der Waals surface area contributed by atoms with Crippen LogP contribution in [-0.2, 0) is 0 Å². The van der Waals surface area contributed by atoms with E-state index in [2.05, 4.69) is 0 Å². The molecule has 19 heavy (non-hydrogen) atoms. The van der Waals surface area contributed by atoms with Gasteiger partial charge in [0.15, 0.2) is 5.75 Å². The summed E-state index contributed by atoms with van der Waals surface area (Å²) >= 11 is 0. The Morgan fingerprint density at radius 3 is 2.58 bits per heavy atom. The Kier molecular flexibility index (Phi) is 3.37. The molecule has 98 valence electrons. The van der Waals surface area contributed by atoms with Crippen LogP contribution in [0.4, 0.5) is 10.1 Å². The summed E-state index contributed by atoms with van der Waals surface area (Å²) in [6.07, 6.45) is 0. The Morgan fingerprint density at radius 2 is 1.95 bits per heavy atom. The Hall–Kier alpha value is -2.56. The number of para-hydroxylation sites is 1. The highest BCUT2D eigenvalue weighted by Crippen LogP contribution is 2.31. The first kappa shape index (κ1) is 12.9. The number of rotatable bonds is 3. The van der Waals surface area contributed by atoms with E-state index in [0.717, 1.165) is 17.7 Å². The second-order valence-electron chi connectivity index (χ2n) is 4.04. The highest BCUT2D eigenvalue weighted by atomic mass is 19.1. The Labute approximate surface area is 109 Å². The van der Waals surface area contributed by atoms with Crippen LogP contribution in [0.15, 0.2) is 36.4 Å². The molecule has 0 aromatic heterocycles. The molecular weight excluding hydrogens is 249 g/mol. The Balaban J connectivity index is 2.39. The summed E-state index contributed by atoms with van der Waals surface area (Å²) in [6.45, 7) is 1.84. The Morgan fingerprint density at radius 1 is 1.26 bits per heavy atom. The number of hydrogen-bond acceptors (Lipinski definition) is 3. The van der Waals surface area contributed by atoms with E-state index in [1.807, 2.05) is 19.1 Å². The van der Waals surface area contributed by atoms with Gasteiger partial charge >= 0.3 is 5.97 Å². The minimum Gasteiger partial charge on any atom is -0.478 e. The average Bonchev–Trinajstić information content (AvgIpc) is 2.35. The van der Waals surface area contributed by atoms with E-state index in [0.29, 0.717) is 5.75 Å². The van der Waals surface area contributed by atoms with Gasteiger partial charge in [-0.2, -0.15) is 0 Å². The molecule has 4 nitrogen and oxygen atoms in total. The highest BCUT2D eigenvalue weighted by Gasteiger charge is 2.15. The van der Waals surface area contributed by atoms with Crippen LogP contribution in [0.5, 0.6) is 11.5 Å². The molecule has 0 saturated heterocycles. The molecule has 0 amide bonds. The first-order chi connectivity index (χ1) is 8.99. The molecular formula is C14H12FNO3. The van der Waals surface area contributed by atoms with Crippen molar-refractivity contribution in [2.75, 3.05) is 5.73 Å². The van der Waals surface area contributed by atoms with Gasteiger partial charge in [-0.15, -0.1) is 0 Å². The van der Waals surface area contributed by atoms with Gasteiger partial charge in [-0.1, -0.05) is 18.2 Å². The van der Waals surface area contributed by atoms with Crippen molar-refractivity contribution in [2.45, 2.75) is 6.92 Å². The maximum atomic E-state index is 13.6. The molecule has 3 N–H and O–H groups in total. The third kappa shape index (κ3) is 2.65. The van der Waals surface area contributed by atoms with E-state index in [4.69, 9.17) is 15.6 Å². The quantitative estimate of drug-likeness (QED) is 0.832. The van der Waals surface area contributed by atoms with Crippen LogP contribution < -0.4 is 10.5 Å². The molecule has 5 heteroatoms. The number of aromatic carboxylic acids is 1. The van der Waals surface area contributed by atoms with Crippen molar-refractivity contribution in [1.29, 1.82) is 0 Å². The fraction of sp³-hybridized carbons (Fsp3) is 0.0714. The summed E-state index contributed by atoms with van der Waals surface area (Å²) in [6, 6.07) is 9.21. The van der Waals surface area contributed by atoms with Crippen LogP contribution in [0, 0.1) is 12.7 Å². The number of ether oxygens (including phenoxy) is 1. The van der Waals surface area contributed by atoms with Crippen LogP contribution >= 0.6 is 0 Å². The van der Waals surface area contributed by atoms with Crippen LogP contribution in [0.3, 0.4) is 0 Å². The van der Waals surface area contributed by atoms with Crippen LogP contribution in [0.2, 0.25) is 0 Å². The first-order valence-corrected chi connectivity index (χ1v) is 5.55. The number of carboxylic acid groups (broad SMARTS) is 1. The number of halogens is 1. The normalized spacial score (nSPS) is 10.2. The maximum Gasteiger partial charge on any atom is 0.338 e. The summed E-state index contributed by atoms with van der Waals surface area (Å²) < 4.78 is 19.1. The summed E-state index contributed by atoms with van der Waals surface area (Å²) in [4.78, 5) is 10.8. The number of anilines is 1. The first-order valence-electron chi connectivity index (χ1n) is 5.55. The molecule has 0 aliphatic heterocycles. The van der Waals surface area contributed by atoms with E-state index in [1.165, 1.54) is 0 Å². The van der Waals surface area contributed by atoms with Crippen molar-refractivity contribution in [3.63, 3.8) is 0 Å². The monoisotopic (exact) mass is 261 g/mol. The van der Waals surface area contributed by atoms with Gasteiger partial charge in [-0.3, -0.25) is 0 Å². The molecule has 0 fully saturated rings. The van der Waals surface area contributed by atoms with Crippen molar-refractivity contribution in [3.8, 4) is 11.5 Å². The molecule has 0 radical (unpaired) electrons. The van der Waals surface area contributed by atoms with E-state index in [1.54, 1.807) is 12.1 Å². The molecule has 0 aliphatic rings. The molecule has 0 atom stereocenters. The van der Waals surface area contributed by atoms with Crippen LogP contribution in [0.1, 0.15) is 15.9 Å². The van der Waals surface area contributed by atoms with Gasteiger partial charge < -0.3 is 15.6 Å². The zero-order valence-corrected chi connectivity index (χ0v) is 10.2. The van der Waals surface area contributed by atoms with Gasteiger partial charge in [0.05, 0.1) is 11.3 Å². The molecule has 0 heterocycles. The smallest absolute Gasteiger partial charge is 0.338 e. The molecule has 0 spiro atoms.